The summed E-state index contributed by atoms with van der Waals surface area (Å²) in [7, 11) is 0. The van der Waals surface area contributed by atoms with Gasteiger partial charge in [0.05, 0.1) is 23.1 Å². The van der Waals surface area contributed by atoms with E-state index in [-0.39, 0.29) is 23.2 Å². The number of aryl methyl sites for hydroxylation is 2. The minimum Gasteiger partial charge on any atom is -0.450 e. The van der Waals surface area contributed by atoms with Crippen molar-refractivity contribution in [1.82, 2.24) is 4.90 Å². The van der Waals surface area contributed by atoms with Crippen molar-refractivity contribution in [2.24, 2.45) is 0 Å². The number of hydrogen-bond acceptors (Lipinski definition) is 4. The van der Waals surface area contributed by atoms with E-state index in [1.54, 1.807) is 4.90 Å². The van der Waals surface area contributed by atoms with E-state index < -0.39 is 6.04 Å². The third-order valence-electron chi connectivity index (χ3n) is 6.02. The van der Waals surface area contributed by atoms with Crippen LogP contribution >= 0.6 is 15.9 Å². The van der Waals surface area contributed by atoms with E-state index in [1.807, 2.05) is 50.2 Å². The molecular weight excluding hydrogens is 446 g/mol. The molecule has 5 nitrogen and oxygen atoms in total. The fourth-order valence-electron chi connectivity index (χ4n) is 4.70. The third kappa shape index (κ3) is 3.10. The van der Waals surface area contributed by atoms with Gasteiger partial charge >= 0.3 is 0 Å². The van der Waals surface area contributed by atoms with Gasteiger partial charge in [0.25, 0.3) is 5.91 Å². The second kappa shape index (κ2) is 7.36. The molecule has 2 atom stereocenters. The van der Waals surface area contributed by atoms with Crippen molar-refractivity contribution in [1.29, 1.82) is 0 Å². The molecule has 154 valence electrons. The molecule has 2 aliphatic rings. The van der Waals surface area contributed by atoms with Crippen LogP contribution in [0.2, 0.25) is 0 Å². The van der Waals surface area contributed by atoms with E-state index in [0.717, 1.165) is 34.0 Å². The quantitative estimate of drug-likeness (QED) is 0.549. The van der Waals surface area contributed by atoms with Crippen molar-refractivity contribution in [2.75, 3.05) is 13.2 Å². The maximum absolute atomic E-state index is 13.7. The van der Waals surface area contributed by atoms with Gasteiger partial charge in [-0.05, 0) is 61.6 Å². The lowest BCUT2D eigenvalue weighted by Crippen LogP contribution is -2.36. The Balaban J connectivity index is 1.73. The second-order valence-corrected chi connectivity index (χ2v) is 9.09. The molecular formula is C24H22BrNO4. The number of nitrogens with zero attached hydrogens (tertiary/aromatic N) is 1. The molecule has 2 unspecified atom stereocenters. The van der Waals surface area contributed by atoms with Gasteiger partial charge in [-0.1, -0.05) is 34.1 Å². The maximum atomic E-state index is 13.7. The van der Waals surface area contributed by atoms with Crippen LogP contribution < -0.4 is 5.43 Å². The van der Waals surface area contributed by atoms with Crippen molar-refractivity contribution in [2.45, 2.75) is 38.8 Å². The Hall–Kier alpha value is -2.44. The van der Waals surface area contributed by atoms with Crippen molar-refractivity contribution in [3.05, 3.63) is 79.1 Å². The molecule has 0 aliphatic carbocycles. The largest absolute Gasteiger partial charge is 0.450 e. The first-order valence-electron chi connectivity index (χ1n) is 10.2. The first-order chi connectivity index (χ1) is 14.4. The molecule has 1 amide bonds. The Bertz CT molecular complexity index is 1210. The van der Waals surface area contributed by atoms with Crippen LogP contribution in [0, 0.1) is 13.8 Å². The monoisotopic (exact) mass is 467 g/mol. The number of ether oxygens (including phenoxy) is 1. The number of hydrogen-bond donors (Lipinski definition) is 0. The molecule has 6 heteroatoms. The van der Waals surface area contributed by atoms with E-state index in [4.69, 9.17) is 9.15 Å². The Morgan fingerprint density at radius 3 is 2.60 bits per heavy atom. The van der Waals surface area contributed by atoms with E-state index in [9.17, 15) is 9.59 Å². The highest BCUT2D eigenvalue weighted by atomic mass is 79.9. The van der Waals surface area contributed by atoms with Crippen LogP contribution in [0.3, 0.4) is 0 Å². The standard InChI is InChI=1S/C24H22BrNO4/c1-13-10-14(2)19-18(11-13)30-23-20(22(19)27)21(15-5-7-16(25)8-6-15)26(24(23)28)12-17-4-3-9-29-17/h5-8,10-11,17,21H,3-4,9,12H2,1-2H3. The Labute approximate surface area is 182 Å². The Morgan fingerprint density at radius 2 is 1.90 bits per heavy atom. The summed E-state index contributed by atoms with van der Waals surface area (Å²) in [6.45, 7) is 5.02. The molecule has 1 fully saturated rings. The topological polar surface area (TPSA) is 59.8 Å². The van der Waals surface area contributed by atoms with Gasteiger partial charge in [-0.3, -0.25) is 9.59 Å². The minimum atomic E-state index is -0.480. The van der Waals surface area contributed by atoms with Gasteiger partial charge in [-0.15, -0.1) is 0 Å². The van der Waals surface area contributed by atoms with Crippen molar-refractivity contribution in [3.8, 4) is 0 Å². The summed E-state index contributed by atoms with van der Waals surface area (Å²) >= 11 is 3.47. The highest BCUT2D eigenvalue weighted by Gasteiger charge is 2.44. The van der Waals surface area contributed by atoms with Crippen molar-refractivity contribution < 1.29 is 13.9 Å². The maximum Gasteiger partial charge on any atom is 0.291 e. The van der Waals surface area contributed by atoms with Gasteiger partial charge in [-0.2, -0.15) is 0 Å². The molecule has 2 aromatic carbocycles. The lowest BCUT2D eigenvalue weighted by molar-refractivity contribution is 0.0486. The van der Waals surface area contributed by atoms with Crippen LogP contribution in [0.4, 0.5) is 0 Å². The number of carbonyl (C=O) groups is 1. The number of amides is 1. The summed E-state index contributed by atoms with van der Waals surface area (Å²) in [5.74, 6) is -0.0880. The lowest BCUT2D eigenvalue weighted by atomic mass is 9.97. The highest BCUT2D eigenvalue weighted by Crippen LogP contribution is 2.39. The summed E-state index contributed by atoms with van der Waals surface area (Å²) in [6.07, 6.45) is 1.88. The third-order valence-corrected chi connectivity index (χ3v) is 6.55. The molecule has 1 aromatic heterocycles. The summed E-state index contributed by atoms with van der Waals surface area (Å²) in [5, 5.41) is 0.549. The second-order valence-electron chi connectivity index (χ2n) is 8.18. The van der Waals surface area contributed by atoms with Crippen LogP contribution in [-0.2, 0) is 4.74 Å². The number of carbonyl (C=O) groups excluding carboxylic acids is 1. The average Bonchev–Trinajstić information content (AvgIpc) is 3.30. The Morgan fingerprint density at radius 1 is 1.13 bits per heavy atom. The van der Waals surface area contributed by atoms with E-state index in [0.29, 0.717) is 29.7 Å². The summed E-state index contributed by atoms with van der Waals surface area (Å²) in [5.41, 5.74) is 3.52. The molecule has 3 heterocycles. The molecule has 0 N–H and O–H groups in total. The summed E-state index contributed by atoms with van der Waals surface area (Å²) in [6, 6.07) is 11.1. The molecule has 30 heavy (non-hydrogen) atoms. The molecule has 3 aromatic rings. The first-order valence-corrected chi connectivity index (χ1v) is 11.0. The fraction of sp³-hybridized carbons (Fsp3) is 0.333. The molecule has 0 saturated carbocycles. The van der Waals surface area contributed by atoms with Gasteiger partial charge < -0.3 is 14.1 Å². The van der Waals surface area contributed by atoms with Crippen LogP contribution in [0.1, 0.15) is 51.7 Å². The van der Waals surface area contributed by atoms with E-state index in [1.165, 1.54) is 0 Å². The van der Waals surface area contributed by atoms with E-state index in [2.05, 4.69) is 15.9 Å². The van der Waals surface area contributed by atoms with Crippen molar-refractivity contribution >= 4 is 32.8 Å². The SMILES string of the molecule is Cc1cc(C)c2c(=O)c3c(oc2c1)C(=O)N(CC1CCCO1)C3c1ccc(Br)cc1. The first kappa shape index (κ1) is 19.5. The predicted molar refractivity (Wildman–Crippen MR) is 118 cm³/mol. The number of halogens is 1. The fourth-order valence-corrected chi connectivity index (χ4v) is 4.97. The van der Waals surface area contributed by atoms with Gasteiger partial charge in [0.1, 0.15) is 5.58 Å². The van der Waals surface area contributed by atoms with Crippen LogP contribution in [0.5, 0.6) is 0 Å². The van der Waals surface area contributed by atoms with Crippen molar-refractivity contribution in [3.63, 3.8) is 0 Å². The molecule has 2 aliphatic heterocycles. The normalized spacial score (nSPS) is 20.9. The average molecular weight is 468 g/mol. The van der Waals surface area contributed by atoms with Crippen LogP contribution in [0.25, 0.3) is 11.0 Å². The zero-order chi connectivity index (χ0) is 21.0. The van der Waals surface area contributed by atoms with Crippen LogP contribution in [0.15, 0.2) is 50.1 Å². The van der Waals surface area contributed by atoms with Gasteiger partial charge in [0.15, 0.2) is 5.43 Å². The predicted octanol–water partition coefficient (Wildman–Crippen LogP) is 4.90. The van der Waals surface area contributed by atoms with E-state index >= 15 is 0 Å². The molecule has 5 rings (SSSR count). The zero-order valence-electron chi connectivity index (χ0n) is 16.9. The van der Waals surface area contributed by atoms with Gasteiger partial charge in [0, 0.05) is 17.6 Å². The zero-order valence-corrected chi connectivity index (χ0v) is 18.5. The van der Waals surface area contributed by atoms with Crippen LogP contribution in [-0.4, -0.2) is 30.1 Å². The number of fused-ring (bicyclic) bond motifs is 2. The Kier molecular flexibility index (Phi) is 4.79. The number of benzene rings is 2. The molecule has 0 bridgehead atoms. The summed E-state index contributed by atoms with van der Waals surface area (Å²) < 4.78 is 12.8. The smallest absolute Gasteiger partial charge is 0.291 e. The molecule has 0 radical (unpaired) electrons. The number of rotatable bonds is 3. The summed E-state index contributed by atoms with van der Waals surface area (Å²) in [4.78, 5) is 28.8. The van der Waals surface area contributed by atoms with Gasteiger partial charge in [-0.25, -0.2) is 0 Å². The molecule has 0 spiro atoms. The highest BCUT2D eigenvalue weighted by molar-refractivity contribution is 9.10. The van der Waals surface area contributed by atoms with Gasteiger partial charge in [0.2, 0.25) is 5.76 Å². The minimum absolute atomic E-state index is 0.0188. The lowest BCUT2D eigenvalue weighted by Gasteiger charge is -2.27. The molecule has 1 saturated heterocycles.